The second kappa shape index (κ2) is 10.4. The predicted octanol–water partition coefficient (Wildman–Crippen LogP) is 4.12. The summed E-state index contributed by atoms with van der Waals surface area (Å²) >= 11 is 6.43. The van der Waals surface area contributed by atoms with Gasteiger partial charge in [-0.15, -0.1) is 0 Å². The topological polar surface area (TPSA) is 74.8 Å². The Balaban J connectivity index is 1.43. The second-order valence-corrected chi connectivity index (χ2v) is 9.87. The normalized spacial score (nSPS) is 21.0. The fourth-order valence-electron chi connectivity index (χ4n) is 4.69. The fourth-order valence-corrected chi connectivity index (χ4v) is 4.93. The van der Waals surface area contributed by atoms with Crippen molar-refractivity contribution in [2.24, 2.45) is 0 Å². The van der Waals surface area contributed by atoms with Gasteiger partial charge in [0.05, 0.1) is 5.56 Å². The maximum atomic E-state index is 12.8. The van der Waals surface area contributed by atoms with Gasteiger partial charge in [0.15, 0.2) is 0 Å². The number of pyridine rings is 1. The van der Waals surface area contributed by atoms with Crippen molar-refractivity contribution in [2.75, 3.05) is 31.6 Å². The van der Waals surface area contributed by atoms with Gasteiger partial charge in [0.25, 0.3) is 11.8 Å². The first-order chi connectivity index (χ1) is 16.2. The number of nitrogens with one attached hydrogen (secondary N) is 1. The van der Waals surface area contributed by atoms with Crippen LogP contribution in [-0.4, -0.2) is 65.0 Å². The first-order valence-corrected chi connectivity index (χ1v) is 12.3. The Morgan fingerprint density at radius 2 is 2.00 bits per heavy atom. The zero-order valence-electron chi connectivity index (χ0n) is 20.4. The number of carbonyl (C=O) groups excluding carboxylic acids is 2. The summed E-state index contributed by atoms with van der Waals surface area (Å²) in [5.41, 5.74) is 5.15. The molecule has 2 fully saturated rings. The van der Waals surface area contributed by atoms with E-state index in [2.05, 4.69) is 22.1 Å². The molecule has 1 aromatic heterocycles. The lowest BCUT2D eigenvalue weighted by Gasteiger charge is -2.41. The Kier molecular flexibility index (Phi) is 7.55. The van der Waals surface area contributed by atoms with Crippen LogP contribution in [0.3, 0.4) is 0 Å². The number of nitrogens with zero attached hydrogens (tertiary/aromatic N) is 3. The smallest absolute Gasteiger partial charge is 0.257 e. The molecule has 2 unspecified atom stereocenters. The highest BCUT2D eigenvalue weighted by atomic mass is 35.5. The van der Waals surface area contributed by atoms with Gasteiger partial charge in [0.1, 0.15) is 6.10 Å². The van der Waals surface area contributed by atoms with Gasteiger partial charge in [-0.05, 0) is 75.4 Å². The molecular weight excluding hydrogens is 452 g/mol. The number of aryl methyl sites for hydroxylation is 2. The summed E-state index contributed by atoms with van der Waals surface area (Å²) in [7, 11) is 0. The van der Waals surface area contributed by atoms with Gasteiger partial charge in [-0.1, -0.05) is 11.6 Å². The SMILES string of the molecule is Cc1cc(C(=O)Nc2cc(Cl)cc(CN3CCN(C(=O)C4CCCO4)C(C)C3)c2C)cnc1C. The highest BCUT2D eigenvalue weighted by molar-refractivity contribution is 6.31. The minimum Gasteiger partial charge on any atom is -0.368 e. The number of ether oxygens (including phenoxy) is 1. The lowest BCUT2D eigenvalue weighted by Crippen LogP contribution is -2.55. The third-order valence-electron chi connectivity index (χ3n) is 6.92. The Morgan fingerprint density at radius 1 is 1.21 bits per heavy atom. The average molecular weight is 485 g/mol. The highest BCUT2D eigenvalue weighted by Crippen LogP contribution is 2.28. The van der Waals surface area contributed by atoms with Crippen LogP contribution in [0, 0.1) is 20.8 Å². The molecule has 2 amide bonds. The molecule has 0 bridgehead atoms. The van der Waals surface area contributed by atoms with Crippen molar-refractivity contribution in [3.63, 3.8) is 0 Å². The third kappa shape index (κ3) is 5.43. The molecule has 2 atom stereocenters. The van der Waals surface area contributed by atoms with Crippen molar-refractivity contribution in [3.8, 4) is 0 Å². The number of piperazine rings is 1. The molecule has 0 saturated carbocycles. The maximum absolute atomic E-state index is 12.8. The van der Waals surface area contributed by atoms with Crippen LogP contribution >= 0.6 is 11.6 Å². The predicted molar refractivity (Wildman–Crippen MR) is 133 cm³/mol. The lowest BCUT2D eigenvalue weighted by molar-refractivity contribution is -0.145. The van der Waals surface area contributed by atoms with Crippen molar-refractivity contribution in [1.29, 1.82) is 0 Å². The number of hydrogen-bond acceptors (Lipinski definition) is 5. The minimum atomic E-state index is -0.275. The van der Waals surface area contributed by atoms with E-state index in [1.165, 1.54) is 0 Å². The molecule has 1 N–H and O–H groups in total. The van der Waals surface area contributed by atoms with Crippen LogP contribution in [-0.2, 0) is 16.1 Å². The number of anilines is 1. The summed E-state index contributed by atoms with van der Waals surface area (Å²) in [5.74, 6) is -0.0868. The van der Waals surface area contributed by atoms with Crippen LogP contribution in [0.2, 0.25) is 5.02 Å². The molecule has 2 aliphatic rings. The lowest BCUT2D eigenvalue weighted by atomic mass is 10.0. The molecule has 8 heteroatoms. The Morgan fingerprint density at radius 3 is 2.68 bits per heavy atom. The molecule has 2 aliphatic heterocycles. The Hall–Kier alpha value is -2.48. The fraction of sp³-hybridized carbons (Fsp3) is 0.500. The van der Waals surface area contributed by atoms with Crippen molar-refractivity contribution >= 4 is 29.1 Å². The van der Waals surface area contributed by atoms with Gasteiger partial charge in [-0.25, -0.2) is 0 Å². The first-order valence-electron chi connectivity index (χ1n) is 11.9. The van der Waals surface area contributed by atoms with Crippen LogP contribution in [0.5, 0.6) is 0 Å². The van der Waals surface area contributed by atoms with Crippen LogP contribution < -0.4 is 5.32 Å². The van der Waals surface area contributed by atoms with E-state index in [9.17, 15) is 9.59 Å². The standard InChI is InChI=1S/C26H33ClN4O3/c1-16-10-20(13-28-19(16)4)25(32)29-23-12-22(27)11-21(18(23)3)15-30-7-8-31(17(2)14-30)26(33)24-6-5-9-34-24/h10-13,17,24H,5-9,14-15H2,1-4H3,(H,29,32). The van der Waals surface area contributed by atoms with E-state index < -0.39 is 0 Å². The Bertz CT molecular complexity index is 1080. The van der Waals surface area contributed by atoms with Crippen LogP contribution in [0.25, 0.3) is 0 Å². The largest absolute Gasteiger partial charge is 0.368 e. The zero-order chi connectivity index (χ0) is 24.4. The van der Waals surface area contributed by atoms with E-state index in [1.54, 1.807) is 12.3 Å². The molecule has 2 aromatic rings. The van der Waals surface area contributed by atoms with Gasteiger partial charge in [0, 0.05) is 61.4 Å². The number of carbonyl (C=O) groups is 2. The molecular formula is C26H33ClN4O3. The summed E-state index contributed by atoms with van der Waals surface area (Å²) < 4.78 is 5.60. The number of rotatable bonds is 5. The minimum absolute atomic E-state index is 0.112. The van der Waals surface area contributed by atoms with Crippen LogP contribution in [0.1, 0.15) is 52.5 Å². The number of amides is 2. The maximum Gasteiger partial charge on any atom is 0.257 e. The van der Waals surface area contributed by atoms with Gasteiger partial charge in [-0.2, -0.15) is 0 Å². The van der Waals surface area contributed by atoms with Gasteiger partial charge >= 0.3 is 0 Å². The Labute approximate surface area is 206 Å². The van der Waals surface area contributed by atoms with Crippen molar-refractivity contribution in [3.05, 3.63) is 57.4 Å². The molecule has 4 rings (SSSR count). The number of halogens is 1. The summed E-state index contributed by atoms with van der Waals surface area (Å²) in [4.78, 5) is 34.2. The van der Waals surface area contributed by atoms with E-state index in [0.29, 0.717) is 36.0 Å². The molecule has 182 valence electrons. The van der Waals surface area contributed by atoms with E-state index in [1.807, 2.05) is 37.8 Å². The zero-order valence-corrected chi connectivity index (χ0v) is 21.1. The molecule has 1 aromatic carbocycles. The van der Waals surface area contributed by atoms with Crippen molar-refractivity contribution in [2.45, 2.75) is 59.2 Å². The molecule has 0 aliphatic carbocycles. The van der Waals surface area contributed by atoms with E-state index in [0.717, 1.165) is 48.3 Å². The van der Waals surface area contributed by atoms with Gasteiger partial charge in [-0.3, -0.25) is 19.5 Å². The van der Waals surface area contributed by atoms with Crippen LogP contribution in [0.4, 0.5) is 5.69 Å². The van der Waals surface area contributed by atoms with E-state index in [4.69, 9.17) is 16.3 Å². The molecule has 7 nitrogen and oxygen atoms in total. The van der Waals surface area contributed by atoms with Gasteiger partial charge < -0.3 is 15.0 Å². The average Bonchev–Trinajstić information content (AvgIpc) is 3.33. The summed E-state index contributed by atoms with van der Waals surface area (Å²) in [6, 6.07) is 5.70. The molecule has 2 saturated heterocycles. The molecule has 3 heterocycles. The summed E-state index contributed by atoms with van der Waals surface area (Å²) in [6.45, 7) is 11.6. The van der Waals surface area contributed by atoms with Gasteiger partial charge in [0.2, 0.25) is 0 Å². The summed E-state index contributed by atoms with van der Waals surface area (Å²) in [6.07, 6.45) is 3.10. The third-order valence-corrected chi connectivity index (χ3v) is 7.14. The second-order valence-electron chi connectivity index (χ2n) is 9.44. The number of benzene rings is 1. The first kappa shape index (κ1) is 24.6. The quantitative estimate of drug-likeness (QED) is 0.690. The molecule has 0 radical (unpaired) electrons. The summed E-state index contributed by atoms with van der Waals surface area (Å²) in [5, 5.41) is 3.58. The van der Waals surface area contributed by atoms with E-state index in [-0.39, 0.29) is 24.0 Å². The van der Waals surface area contributed by atoms with Crippen LogP contribution in [0.15, 0.2) is 24.4 Å². The molecule has 0 spiro atoms. The van der Waals surface area contributed by atoms with Crippen molar-refractivity contribution in [1.82, 2.24) is 14.8 Å². The van der Waals surface area contributed by atoms with E-state index >= 15 is 0 Å². The van der Waals surface area contributed by atoms with Crippen molar-refractivity contribution < 1.29 is 14.3 Å². The molecule has 34 heavy (non-hydrogen) atoms. The number of hydrogen-bond donors (Lipinski definition) is 1. The highest BCUT2D eigenvalue weighted by Gasteiger charge is 2.34. The number of aromatic nitrogens is 1. The monoisotopic (exact) mass is 484 g/mol.